The lowest BCUT2D eigenvalue weighted by Crippen LogP contribution is -2.52. The Hall–Kier alpha value is -3.49. The smallest absolute Gasteiger partial charge is 0.303 e. The minimum Gasteiger partial charge on any atom is -0.481 e. The Bertz CT molecular complexity index is 1240. The SMILES string of the molecule is Cc1cc2c(s1)Cc1ccccc1N=C2N1CCN[C@@H](CCc2ccccc2)C1.O=C(O)CCC(=O)O. The number of aliphatic carboxylic acids is 2. The zero-order valence-electron chi connectivity index (χ0n) is 21.0. The van der Waals surface area contributed by atoms with E-state index in [2.05, 4.69) is 77.8 Å². The van der Waals surface area contributed by atoms with Gasteiger partial charge in [-0.1, -0.05) is 48.5 Å². The number of thiophene rings is 1. The van der Waals surface area contributed by atoms with Crippen LogP contribution in [0.1, 0.15) is 45.7 Å². The number of piperazine rings is 1. The van der Waals surface area contributed by atoms with Crippen LogP contribution in [0.25, 0.3) is 0 Å². The summed E-state index contributed by atoms with van der Waals surface area (Å²) in [5.41, 5.74) is 5.22. The summed E-state index contributed by atoms with van der Waals surface area (Å²) in [6, 6.07) is 22.3. The van der Waals surface area contributed by atoms with Crippen molar-refractivity contribution in [3.05, 3.63) is 87.1 Å². The summed E-state index contributed by atoms with van der Waals surface area (Å²) in [6.07, 6.45) is 2.66. The van der Waals surface area contributed by atoms with Gasteiger partial charge in [0.2, 0.25) is 0 Å². The van der Waals surface area contributed by atoms with Gasteiger partial charge in [-0.25, -0.2) is 4.99 Å². The highest BCUT2D eigenvalue weighted by Crippen LogP contribution is 2.34. The summed E-state index contributed by atoms with van der Waals surface area (Å²) in [7, 11) is 0. The topological polar surface area (TPSA) is 102 Å². The number of aliphatic imine (C=N–C) groups is 1. The van der Waals surface area contributed by atoms with E-state index in [-0.39, 0.29) is 12.8 Å². The maximum atomic E-state index is 9.64. The van der Waals surface area contributed by atoms with E-state index in [0.29, 0.717) is 6.04 Å². The number of hydrogen-bond acceptors (Lipinski definition) is 6. The summed E-state index contributed by atoms with van der Waals surface area (Å²) in [4.78, 5) is 29.8. The van der Waals surface area contributed by atoms with Crippen LogP contribution in [0.4, 0.5) is 5.69 Å². The summed E-state index contributed by atoms with van der Waals surface area (Å²) in [6.45, 7) is 5.25. The third-order valence-corrected chi connectivity index (χ3v) is 7.52. The summed E-state index contributed by atoms with van der Waals surface area (Å²) in [5, 5.41) is 19.5. The molecule has 37 heavy (non-hydrogen) atoms. The second-order valence-electron chi connectivity index (χ2n) is 9.34. The number of carboxylic acids is 2. The second-order valence-corrected chi connectivity index (χ2v) is 10.7. The van der Waals surface area contributed by atoms with Crippen LogP contribution in [-0.4, -0.2) is 58.6 Å². The predicted octanol–water partition coefficient (Wildman–Crippen LogP) is 4.88. The molecule has 0 amide bonds. The van der Waals surface area contributed by atoms with Gasteiger partial charge in [0.15, 0.2) is 0 Å². The summed E-state index contributed by atoms with van der Waals surface area (Å²) < 4.78 is 0. The van der Waals surface area contributed by atoms with Gasteiger partial charge in [0, 0.05) is 47.4 Å². The van der Waals surface area contributed by atoms with Crippen molar-refractivity contribution >= 4 is 34.8 Å². The molecule has 5 rings (SSSR count). The lowest BCUT2D eigenvalue weighted by atomic mass is 10.0. The molecule has 1 fully saturated rings. The van der Waals surface area contributed by atoms with E-state index >= 15 is 0 Å². The zero-order chi connectivity index (χ0) is 26.2. The van der Waals surface area contributed by atoms with E-state index in [1.165, 1.54) is 32.3 Å². The molecule has 2 aliphatic heterocycles. The molecule has 3 heterocycles. The number of aryl methyl sites for hydroxylation is 2. The van der Waals surface area contributed by atoms with Crippen molar-refractivity contribution in [3.8, 4) is 0 Å². The number of rotatable bonds is 6. The first kappa shape index (κ1) is 26.6. The molecule has 3 aromatic rings. The Morgan fingerprint density at radius 1 is 1.05 bits per heavy atom. The normalized spacial score (nSPS) is 16.4. The molecular formula is C29H33N3O4S. The Morgan fingerprint density at radius 3 is 2.49 bits per heavy atom. The van der Waals surface area contributed by atoms with Crippen LogP contribution in [-0.2, 0) is 22.4 Å². The monoisotopic (exact) mass is 519 g/mol. The summed E-state index contributed by atoms with van der Waals surface area (Å²) in [5.74, 6) is -0.986. The standard InChI is InChI=1S/C25H27N3S.C4H6O4/c1-18-15-22-24(29-18)16-20-9-5-6-10-23(20)27-25(22)28-14-13-26-21(17-28)12-11-19-7-3-2-4-8-19;5-3(6)1-2-4(7)8/h2-10,15,21,26H,11-14,16-17H2,1H3;1-2H2,(H,5,6)(H,7,8)/t21-;/m0./s1. The second kappa shape index (κ2) is 12.7. The van der Waals surface area contributed by atoms with Crippen LogP contribution in [0.5, 0.6) is 0 Å². The Labute approximate surface area is 221 Å². The van der Waals surface area contributed by atoms with Crippen molar-refractivity contribution in [3.63, 3.8) is 0 Å². The lowest BCUT2D eigenvalue weighted by molar-refractivity contribution is -0.143. The van der Waals surface area contributed by atoms with Crippen LogP contribution in [0.3, 0.4) is 0 Å². The van der Waals surface area contributed by atoms with Crippen LogP contribution < -0.4 is 5.32 Å². The number of hydrogen-bond donors (Lipinski definition) is 3. The number of amidine groups is 1. The first-order valence-electron chi connectivity index (χ1n) is 12.6. The van der Waals surface area contributed by atoms with E-state index in [4.69, 9.17) is 15.2 Å². The first-order valence-corrected chi connectivity index (χ1v) is 13.4. The van der Waals surface area contributed by atoms with E-state index in [9.17, 15) is 9.59 Å². The number of nitrogens with one attached hydrogen (secondary N) is 1. The van der Waals surface area contributed by atoms with Crippen molar-refractivity contribution in [2.75, 3.05) is 19.6 Å². The predicted molar refractivity (Wildman–Crippen MR) is 147 cm³/mol. The average Bonchev–Trinajstić information content (AvgIpc) is 3.18. The van der Waals surface area contributed by atoms with Crippen LogP contribution in [0, 0.1) is 6.92 Å². The largest absolute Gasteiger partial charge is 0.481 e. The molecule has 194 valence electrons. The van der Waals surface area contributed by atoms with Gasteiger partial charge < -0.3 is 20.4 Å². The fourth-order valence-electron chi connectivity index (χ4n) is 4.65. The number of carbonyl (C=O) groups is 2. The molecule has 8 heteroatoms. The van der Waals surface area contributed by atoms with Crippen molar-refractivity contribution in [2.24, 2.45) is 4.99 Å². The molecule has 1 atom stereocenters. The highest BCUT2D eigenvalue weighted by molar-refractivity contribution is 7.12. The molecule has 0 unspecified atom stereocenters. The van der Waals surface area contributed by atoms with E-state index < -0.39 is 11.9 Å². The lowest BCUT2D eigenvalue weighted by Gasteiger charge is -2.36. The maximum absolute atomic E-state index is 9.64. The number of nitrogens with zero attached hydrogens (tertiary/aromatic N) is 2. The van der Waals surface area contributed by atoms with Gasteiger partial charge >= 0.3 is 11.9 Å². The Balaban J connectivity index is 0.000000349. The Morgan fingerprint density at radius 2 is 1.76 bits per heavy atom. The molecule has 7 nitrogen and oxygen atoms in total. The number of carboxylic acid groups (broad SMARTS) is 2. The maximum Gasteiger partial charge on any atom is 0.303 e. The molecule has 2 aliphatic rings. The molecule has 1 aromatic heterocycles. The van der Waals surface area contributed by atoms with Gasteiger partial charge in [0.05, 0.1) is 18.5 Å². The highest BCUT2D eigenvalue weighted by Gasteiger charge is 2.27. The molecule has 3 N–H and O–H groups in total. The van der Waals surface area contributed by atoms with Crippen molar-refractivity contribution in [1.29, 1.82) is 0 Å². The van der Waals surface area contributed by atoms with Crippen molar-refractivity contribution < 1.29 is 19.8 Å². The van der Waals surface area contributed by atoms with Gasteiger partial charge in [-0.3, -0.25) is 9.59 Å². The fraction of sp³-hybridized carbons (Fsp3) is 0.345. The van der Waals surface area contributed by atoms with Crippen molar-refractivity contribution in [2.45, 2.75) is 45.1 Å². The zero-order valence-corrected chi connectivity index (χ0v) is 21.8. The first-order chi connectivity index (χ1) is 17.9. The van der Waals surface area contributed by atoms with Crippen LogP contribution in [0.15, 0.2) is 65.7 Å². The minimum atomic E-state index is -1.08. The Kier molecular flexibility index (Phi) is 9.09. The molecule has 0 radical (unpaired) electrons. The van der Waals surface area contributed by atoms with E-state index in [0.717, 1.165) is 44.6 Å². The molecule has 0 saturated carbocycles. The van der Waals surface area contributed by atoms with Gasteiger partial charge in [-0.15, -0.1) is 11.3 Å². The van der Waals surface area contributed by atoms with E-state index in [1.54, 1.807) is 0 Å². The fourth-order valence-corrected chi connectivity index (χ4v) is 5.70. The third-order valence-electron chi connectivity index (χ3n) is 6.47. The van der Waals surface area contributed by atoms with Gasteiger partial charge in [-0.05, 0) is 43.0 Å². The molecule has 0 aliphatic carbocycles. The van der Waals surface area contributed by atoms with Crippen LogP contribution >= 0.6 is 11.3 Å². The molecule has 1 saturated heterocycles. The molecule has 0 spiro atoms. The molecule has 0 bridgehead atoms. The van der Waals surface area contributed by atoms with Gasteiger partial charge in [-0.2, -0.15) is 0 Å². The number of benzene rings is 2. The minimum absolute atomic E-state index is 0.296. The number of para-hydroxylation sites is 1. The summed E-state index contributed by atoms with van der Waals surface area (Å²) >= 11 is 1.92. The number of fused-ring (bicyclic) bond motifs is 2. The van der Waals surface area contributed by atoms with Crippen molar-refractivity contribution in [1.82, 2.24) is 10.2 Å². The molecule has 2 aromatic carbocycles. The highest BCUT2D eigenvalue weighted by atomic mass is 32.1. The van der Waals surface area contributed by atoms with Gasteiger partial charge in [0.25, 0.3) is 0 Å². The van der Waals surface area contributed by atoms with E-state index in [1.807, 2.05) is 11.3 Å². The molecular weight excluding hydrogens is 486 g/mol. The average molecular weight is 520 g/mol. The van der Waals surface area contributed by atoms with Crippen LogP contribution in [0.2, 0.25) is 0 Å². The van der Waals surface area contributed by atoms with Gasteiger partial charge in [0.1, 0.15) is 5.84 Å². The quantitative estimate of drug-likeness (QED) is 0.429. The third kappa shape index (κ3) is 7.50.